The Balaban J connectivity index is 1.05. The molecule has 0 aliphatic heterocycles. The van der Waals surface area contributed by atoms with Gasteiger partial charge < -0.3 is 27.5 Å². The Hall–Kier alpha value is -8.22. The van der Waals surface area contributed by atoms with Crippen molar-refractivity contribution in [2.45, 2.75) is 0 Å². The monoisotopic (exact) mass is 772 g/mol. The molecule has 282 valence electrons. The molecule has 0 fully saturated rings. The molecule has 0 unspecified atom stereocenters. The van der Waals surface area contributed by atoms with Crippen LogP contribution in [0.1, 0.15) is 0 Å². The second-order valence-corrected chi connectivity index (χ2v) is 15.2. The Labute approximate surface area is 342 Å². The van der Waals surface area contributed by atoms with Gasteiger partial charge in [-0.3, -0.25) is 0 Å². The van der Waals surface area contributed by atoms with E-state index in [0.29, 0.717) is 0 Å². The predicted octanol–water partition coefficient (Wildman–Crippen LogP) is 16.2. The number of nitrogens with zero attached hydrogens (tertiary/aromatic N) is 2. The molecule has 0 atom stereocenters. The van der Waals surface area contributed by atoms with Gasteiger partial charge in [0, 0.05) is 54.5 Å². The first-order valence-corrected chi connectivity index (χ1v) is 20.1. The van der Waals surface area contributed by atoms with Crippen molar-refractivity contribution in [3.8, 4) is 0 Å². The maximum Gasteiger partial charge on any atom is 0.159 e. The van der Waals surface area contributed by atoms with Crippen LogP contribution in [0, 0.1) is 0 Å². The van der Waals surface area contributed by atoms with Crippen LogP contribution in [-0.4, -0.2) is 0 Å². The first-order valence-electron chi connectivity index (χ1n) is 20.1. The maximum absolute atomic E-state index is 6.69. The molecular weight excluding hydrogens is 741 g/mol. The van der Waals surface area contributed by atoms with Crippen molar-refractivity contribution in [2.75, 3.05) is 9.80 Å². The van der Waals surface area contributed by atoms with Crippen molar-refractivity contribution >= 4 is 122 Å². The lowest BCUT2D eigenvalue weighted by atomic mass is 10.1. The van der Waals surface area contributed by atoms with Gasteiger partial charge in [0.2, 0.25) is 0 Å². The zero-order valence-electron chi connectivity index (χ0n) is 32.0. The Morgan fingerprint density at radius 2 is 0.450 bits per heavy atom. The van der Waals surface area contributed by atoms with E-state index in [1.54, 1.807) is 0 Å². The van der Waals surface area contributed by atoms with Crippen molar-refractivity contribution in [2.24, 2.45) is 0 Å². The highest BCUT2D eigenvalue weighted by molar-refractivity contribution is 6.16. The van der Waals surface area contributed by atoms with E-state index in [4.69, 9.17) is 17.7 Å². The molecular formula is C54H32N2O4. The Morgan fingerprint density at radius 1 is 0.217 bits per heavy atom. The molecule has 0 saturated heterocycles. The zero-order chi connectivity index (χ0) is 39.3. The second kappa shape index (κ2) is 12.6. The van der Waals surface area contributed by atoms with Crippen molar-refractivity contribution in [3.05, 3.63) is 194 Å². The molecule has 6 nitrogen and oxygen atoms in total. The molecule has 0 bridgehead atoms. The van der Waals surface area contributed by atoms with Crippen LogP contribution in [-0.2, 0) is 0 Å². The van der Waals surface area contributed by atoms with Crippen LogP contribution in [0.4, 0.5) is 34.1 Å². The summed E-state index contributed by atoms with van der Waals surface area (Å²) in [4.78, 5) is 4.51. The van der Waals surface area contributed by atoms with Crippen LogP contribution >= 0.6 is 0 Å². The molecule has 0 N–H and O–H groups in total. The van der Waals surface area contributed by atoms with Crippen LogP contribution in [0.5, 0.6) is 0 Å². The Morgan fingerprint density at radius 3 is 0.717 bits per heavy atom. The van der Waals surface area contributed by atoms with Crippen molar-refractivity contribution in [1.82, 2.24) is 0 Å². The van der Waals surface area contributed by atoms with Crippen molar-refractivity contribution < 1.29 is 17.7 Å². The highest BCUT2D eigenvalue weighted by atomic mass is 16.3. The number of benzene rings is 9. The quantitative estimate of drug-likeness (QED) is 0.168. The zero-order valence-corrected chi connectivity index (χ0v) is 32.0. The van der Waals surface area contributed by atoms with Gasteiger partial charge in [0.15, 0.2) is 22.3 Å². The number of hydrogen-bond acceptors (Lipinski definition) is 6. The van der Waals surface area contributed by atoms with E-state index in [1.807, 2.05) is 48.5 Å². The largest absolute Gasteiger partial charge is 0.454 e. The molecule has 0 saturated carbocycles. The third-order valence-corrected chi connectivity index (χ3v) is 11.9. The molecule has 0 radical (unpaired) electrons. The fourth-order valence-corrected chi connectivity index (χ4v) is 9.20. The van der Waals surface area contributed by atoms with Gasteiger partial charge in [0.1, 0.15) is 22.3 Å². The lowest BCUT2D eigenvalue weighted by Gasteiger charge is -2.28. The van der Waals surface area contributed by atoms with E-state index in [1.165, 1.54) is 0 Å². The molecule has 9 aromatic carbocycles. The lowest BCUT2D eigenvalue weighted by molar-refractivity contribution is 0.665. The minimum Gasteiger partial charge on any atom is -0.454 e. The molecule has 0 aliphatic rings. The van der Waals surface area contributed by atoms with Gasteiger partial charge >= 0.3 is 0 Å². The molecule has 4 heterocycles. The molecule has 4 aromatic heterocycles. The van der Waals surface area contributed by atoms with Gasteiger partial charge in [-0.1, -0.05) is 121 Å². The Bertz CT molecular complexity index is 3330. The molecule has 0 aliphatic carbocycles. The third kappa shape index (κ3) is 4.76. The first kappa shape index (κ1) is 32.8. The molecule has 6 heteroatoms. The van der Waals surface area contributed by atoms with Crippen LogP contribution in [0.2, 0.25) is 0 Å². The van der Waals surface area contributed by atoms with Gasteiger partial charge in [0.05, 0.1) is 22.7 Å². The van der Waals surface area contributed by atoms with Gasteiger partial charge in [0.25, 0.3) is 0 Å². The summed E-state index contributed by atoms with van der Waals surface area (Å²) in [6.45, 7) is 0. The first-order chi connectivity index (χ1) is 29.8. The number of para-hydroxylation sites is 8. The fourth-order valence-electron chi connectivity index (χ4n) is 9.20. The molecule has 0 amide bonds. The van der Waals surface area contributed by atoms with Crippen molar-refractivity contribution in [1.29, 1.82) is 0 Å². The summed E-state index contributed by atoms with van der Waals surface area (Å²) in [5, 5.41) is 8.47. The smallest absolute Gasteiger partial charge is 0.159 e. The summed E-state index contributed by atoms with van der Waals surface area (Å²) in [6, 6.07) is 66.9. The van der Waals surface area contributed by atoms with Crippen LogP contribution in [0.3, 0.4) is 0 Å². The minimum absolute atomic E-state index is 0.797. The van der Waals surface area contributed by atoms with Gasteiger partial charge in [-0.15, -0.1) is 0 Å². The van der Waals surface area contributed by atoms with E-state index in [9.17, 15) is 0 Å². The number of furan rings is 4. The average molecular weight is 773 g/mol. The third-order valence-electron chi connectivity index (χ3n) is 11.9. The minimum atomic E-state index is 0.797. The van der Waals surface area contributed by atoms with Crippen molar-refractivity contribution in [3.63, 3.8) is 0 Å². The number of hydrogen-bond donors (Lipinski definition) is 0. The summed E-state index contributed by atoms with van der Waals surface area (Å²) in [6.07, 6.45) is 0. The highest BCUT2D eigenvalue weighted by Crippen LogP contribution is 2.49. The van der Waals surface area contributed by atoms with E-state index in [2.05, 4.69) is 155 Å². The second-order valence-electron chi connectivity index (χ2n) is 15.2. The van der Waals surface area contributed by atoms with Gasteiger partial charge in [-0.05, 0) is 72.8 Å². The topological polar surface area (TPSA) is 59.0 Å². The highest BCUT2D eigenvalue weighted by Gasteiger charge is 2.26. The lowest BCUT2D eigenvalue weighted by Crippen LogP contribution is -2.13. The fraction of sp³-hybridized carbons (Fsp3) is 0. The standard InChI is InChI=1S/C54H32N2O4/c1-5-25-47-35(13-1)39-17-9-21-43(51(39)57-47)55(44-22-10-18-40-36-14-2-6-26-48(36)58-52(40)44)33-29-31-34(32-30-33)56(45-23-11-19-41-37-15-3-7-27-49(37)59-53(41)45)46-24-12-20-42-38-16-4-8-28-50(38)60-54(42)46/h1-32H. The summed E-state index contributed by atoms with van der Waals surface area (Å²) < 4.78 is 26.7. The number of anilines is 6. The van der Waals surface area contributed by atoms with Gasteiger partial charge in [-0.25, -0.2) is 0 Å². The average Bonchev–Trinajstić information content (AvgIpc) is 4.08. The summed E-state index contributed by atoms with van der Waals surface area (Å²) in [5.74, 6) is 0. The van der Waals surface area contributed by atoms with Crippen LogP contribution in [0.25, 0.3) is 87.8 Å². The maximum atomic E-state index is 6.69. The molecule has 0 spiro atoms. The molecule has 60 heavy (non-hydrogen) atoms. The predicted molar refractivity (Wildman–Crippen MR) is 245 cm³/mol. The number of rotatable bonds is 6. The SMILES string of the molecule is c1ccc2c(c1)oc1c(N(c3ccc(N(c4cccc5c4oc4ccccc45)c4cccc5c4oc4ccccc45)cc3)c3cccc4c3oc3ccccc34)cccc12. The Kier molecular flexibility index (Phi) is 6.91. The summed E-state index contributed by atoms with van der Waals surface area (Å²) >= 11 is 0. The van der Waals surface area contributed by atoms with E-state index < -0.39 is 0 Å². The van der Waals surface area contributed by atoms with E-state index in [-0.39, 0.29) is 0 Å². The number of fused-ring (bicyclic) bond motifs is 12. The summed E-state index contributed by atoms with van der Waals surface area (Å²) in [5.41, 5.74) is 12.0. The van der Waals surface area contributed by atoms with Crippen LogP contribution < -0.4 is 9.80 Å². The normalized spacial score (nSPS) is 12.0. The van der Waals surface area contributed by atoms with E-state index in [0.717, 1.165) is 122 Å². The van der Waals surface area contributed by atoms with Crippen LogP contribution in [0.15, 0.2) is 212 Å². The molecule has 13 aromatic rings. The van der Waals surface area contributed by atoms with Gasteiger partial charge in [-0.2, -0.15) is 0 Å². The van der Waals surface area contributed by atoms with E-state index >= 15 is 0 Å². The molecule has 13 rings (SSSR count). The summed E-state index contributed by atoms with van der Waals surface area (Å²) in [7, 11) is 0.